The van der Waals surface area contributed by atoms with Crippen LogP contribution in [0.15, 0.2) is 41.6 Å². The predicted octanol–water partition coefficient (Wildman–Crippen LogP) is 1.80. The SMILES string of the molecule is COc1ccc(S(=O)(=O)NC2CCc3c(cnc4[nH]ncc34)C2)cc1. The molecule has 25 heavy (non-hydrogen) atoms. The number of rotatable bonds is 4. The molecule has 0 saturated heterocycles. The largest absolute Gasteiger partial charge is 0.497 e. The maximum atomic E-state index is 12.6. The Morgan fingerprint density at radius 1 is 1.24 bits per heavy atom. The molecule has 0 amide bonds. The van der Waals surface area contributed by atoms with E-state index in [2.05, 4.69) is 19.9 Å². The number of fused-ring (bicyclic) bond motifs is 3. The number of sulfonamides is 1. The number of pyridine rings is 1. The van der Waals surface area contributed by atoms with Crippen molar-refractivity contribution in [2.24, 2.45) is 0 Å². The fourth-order valence-corrected chi connectivity index (χ4v) is 4.56. The Morgan fingerprint density at radius 2 is 2.04 bits per heavy atom. The van der Waals surface area contributed by atoms with Crippen LogP contribution in [0.1, 0.15) is 17.5 Å². The standard InChI is InChI=1S/C17H18N4O3S/c1-24-13-3-5-14(6-4-13)25(22,23)21-12-2-7-15-11(8-12)9-18-17-16(15)10-19-20-17/h3-6,9-10,12,21H,2,7-8H2,1H3,(H,18,19,20). The molecule has 3 aromatic rings. The van der Waals surface area contributed by atoms with Gasteiger partial charge in [-0.3, -0.25) is 5.10 Å². The Labute approximate surface area is 145 Å². The van der Waals surface area contributed by atoms with Crippen molar-refractivity contribution in [3.05, 3.63) is 47.8 Å². The summed E-state index contributed by atoms with van der Waals surface area (Å²) in [6.45, 7) is 0. The minimum Gasteiger partial charge on any atom is -0.497 e. The summed E-state index contributed by atoms with van der Waals surface area (Å²) in [6.07, 6.45) is 5.75. The van der Waals surface area contributed by atoms with Crippen LogP contribution in [-0.4, -0.2) is 36.8 Å². The van der Waals surface area contributed by atoms with E-state index in [0.29, 0.717) is 12.2 Å². The van der Waals surface area contributed by atoms with Crippen molar-refractivity contribution in [3.63, 3.8) is 0 Å². The van der Waals surface area contributed by atoms with E-state index in [9.17, 15) is 8.42 Å². The highest BCUT2D eigenvalue weighted by atomic mass is 32.2. The molecule has 2 N–H and O–H groups in total. The van der Waals surface area contributed by atoms with Crippen LogP contribution < -0.4 is 9.46 Å². The van der Waals surface area contributed by atoms with Gasteiger partial charge in [0.05, 0.1) is 18.2 Å². The molecule has 1 aromatic carbocycles. The number of nitrogens with zero attached hydrogens (tertiary/aromatic N) is 2. The van der Waals surface area contributed by atoms with Gasteiger partial charge >= 0.3 is 0 Å². The summed E-state index contributed by atoms with van der Waals surface area (Å²) in [6, 6.07) is 6.24. The average Bonchev–Trinajstić information content (AvgIpc) is 3.10. The first-order valence-corrected chi connectivity index (χ1v) is 9.51. The molecule has 0 saturated carbocycles. The second-order valence-electron chi connectivity index (χ2n) is 6.13. The number of benzene rings is 1. The maximum absolute atomic E-state index is 12.6. The van der Waals surface area contributed by atoms with Gasteiger partial charge in [-0.25, -0.2) is 18.1 Å². The van der Waals surface area contributed by atoms with Gasteiger partial charge in [0.15, 0.2) is 5.65 Å². The number of hydrogen-bond acceptors (Lipinski definition) is 5. The molecular weight excluding hydrogens is 340 g/mol. The van der Waals surface area contributed by atoms with Gasteiger partial charge in [-0.2, -0.15) is 5.10 Å². The second kappa shape index (κ2) is 6.12. The molecule has 0 radical (unpaired) electrons. The summed E-state index contributed by atoms with van der Waals surface area (Å²) in [5, 5.41) is 7.92. The quantitative estimate of drug-likeness (QED) is 0.741. The van der Waals surface area contributed by atoms with Crippen LogP contribution in [-0.2, 0) is 22.9 Å². The predicted molar refractivity (Wildman–Crippen MR) is 93.0 cm³/mol. The third-order valence-corrected chi connectivity index (χ3v) is 6.12. The lowest BCUT2D eigenvalue weighted by atomic mass is 9.88. The van der Waals surface area contributed by atoms with Crippen molar-refractivity contribution in [1.29, 1.82) is 0 Å². The fourth-order valence-electron chi connectivity index (χ4n) is 3.29. The highest BCUT2D eigenvalue weighted by molar-refractivity contribution is 7.89. The monoisotopic (exact) mass is 358 g/mol. The van der Waals surface area contributed by atoms with Gasteiger partial charge in [0, 0.05) is 17.6 Å². The Morgan fingerprint density at radius 3 is 2.80 bits per heavy atom. The Kier molecular flexibility index (Phi) is 3.93. The summed E-state index contributed by atoms with van der Waals surface area (Å²) < 4.78 is 33.1. The van der Waals surface area contributed by atoms with Gasteiger partial charge in [-0.1, -0.05) is 0 Å². The van der Waals surface area contributed by atoms with Gasteiger partial charge in [-0.15, -0.1) is 0 Å². The summed E-state index contributed by atoms with van der Waals surface area (Å²) in [5.74, 6) is 0.626. The number of aromatic amines is 1. The molecule has 1 aliphatic carbocycles. The molecule has 0 spiro atoms. The summed E-state index contributed by atoms with van der Waals surface area (Å²) >= 11 is 0. The smallest absolute Gasteiger partial charge is 0.240 e. The van der Waals surface area contributed by atoms with Crippen LogP contribution in [0.25, 0.3) is 11.0 Å². The number of methoxy groups -OCH3 is 1. The molecule has 130 valence electrons. The van der Waals surface area contributed by atoms with E-state index < -0.39 is 10.0 Å². The average molecular weight is 358 g/mol. The molecule has 0 fully saturated rings. The van der Waals surface area contributed by atoms with E-state index >= 15 is 0 Å². The Bertz CT molecular complexity index is 1010. The first-order valence-electron chi connectivity index (χ1n) is 8.03. The van der Waals surface area contributed by atoms with Crippen LogP contribution in [0.5, 0.6) is 5.75 Å². The van der Waals surface area contributed by atoms with Crippen LogP contribution >= 0.6 is 0 Å². The van der Waals surface area contributed by atoms with Crippen molar-refractivity contribution < 1.29 is 13.2 Å². The molecule has 0 bridgehead atoms. The lowest BCUT2D eigenvalue weighted by Gasteiger charge is -2.25. The highest BCUT2D eigenvalue weighted by Gasteiger charge is 2.26. The van der Waals surface area contributed by atoms with Gasteiger partial charge in [-0.05, 0) is 54.7 Å². The molecule has 8 heteroatoms. The van der Waals surface area contributed by atoms with Gasteiger partial charge in [0.1, 0.15) is 5.75 Å². The lowest BCUT2D eigenvalue weighted by molar-refractivity contribution is 0.414. The Balaban J connectivity index is 1.55. The number of hydrogen-bond donors (Lipinski definition) is 2. The van der Waals surface area contributed by atoms with Crippen LogP contribution in [0.2, 0.25) is 0 Å². The van der Waals surface area contributed by atoms with E-state index in [1.807, 2.05) is 6.20 Å². The van der Waals surface area contributed by atoms with E-state index in [4.69, 9.17) is 4.74 Å². The summed E-state index contributed by atoms with van der Waals surface area (Å²) in [7, 11) is -2.02. The van der Waals surface area contributed by atoms with Crippen LogP contribution in [0, 0.1) is 0 Å². The van der Waals surface area contributed by atoms with Gasteiger partial charge in [0.2, 0.25) is 10.0 Å². The molecular formula is C17H18N4O3S. The minimum atomic E-state index is -3.56. The fraction of sp³-hybridized carbons (Fsp3) is 0.294. The van der Waals surface area contributed by atoms with Gasteiger partial charge in [0.25, 0.3) is 0 Å². The number of aryl methyl sites for hydroxylation is 1. The van der Waals surface area contributed by atoms with Crippen molar-refractivity contribution in [3.8, 4) is 5.75 Å². The second-order valence-corrected chi connectivity index (χ2v) is 7.84. The third kappa shape index (κ3) is 2.98. The van der Waals surface area contributed by atoms with Crippen molar-refractivity contribution in [1.82, 2.24) is 19.9 Å². The minimum absolute atomic E-state index is 0.147. The van der Waals surface area contributed by atoms with Crippen LogP contribution in [0.4, 0.5) is 0 Å². The van der Waals surface area contributed by atoms with Crippen molar-refractivity contribution in [2.75, 3.05) is 7.11 Å². The molecule has 1 atom stereocenters. The van der Waals surface area contributed by atoms with Gasteiger partial charge < -0.3 is 4.74 Å². The molecule has 1 unspecified atom stereocenters. The molecule has 4 rings (SSSR count). The number of aromatic nitrogens is 3. The molecule has 2 heterocycles. The van der Waals surface area contributed by atoms with E-state index in [1.54, 1.807) is 37.6 Å². The molecule has 0 aliphatic heterocycles. The summed E-state index contributed by atoms with van der Waals surface area (Å²) in [4.78, 5) is 4.59. The first kappa shape index (κ1) is 16.0. The zero-order valence-corrected chi connectivity index (χ0v) is 14.5. The molecule has 2 aromatic heterocycles. The van der Waals surface area contributed by atoms with Crippen molar-refractivity contribution >= 4 is 21.1 Å². The first-order chi connectivity index (χ1) is 12.1. The number of nitrogens with one attached hydrogen (secondary N) is 2. The zero-order valence-electron chi connectivity index (χ0n) is 13.7. The van der Waals surface area contributed by atoms with E-state index in [1.165, 1.54) is 5.56 Å². The van der Waals surface area contributed by atoms with Crippen molar-refractivity contribution in [2.45, 2.75) is 30.2 Å². The maximum Gasteiger partial charge on any atom is 0.240 e. The topological polar surface area (TPSA) is 97.0 Å². The van der Waals surface area contributed by atoms with E-state index in [-0.39, 0.29) is 10.9 Å². The lowest BCUT2D eigenvalue weighted by Crippen LogP contribution is -2.38. The molecule has 1 aliphatic rings. The summed E-state index contributed by atoms with van der Waals surface area (Å²) in [5.41, 5.74) is 3.05. The normalized spacial score (nSPS) is 17.4. The number of H-pyrrole nitrogens is 1. The van der Waals surface area contributed by atoms with Crippen LogP contribution in [0.3, 0.4) is 0 Å². The molecule has 7 nitrogen and oxygen atoms in total. The Hall–Kier alpha value is -2.45. The highest BCUT2D eigenvalue weighted by Crippen LogP contribution is 2.27. The zero-order chi connectivity index (χ0) is 17.4. The number of ether oxygens (including phenoxy) is 1. The third-order valence-electron chi connectivity index (χ3n) is 4.58. The van der Waals surface area contributed by atoms with E-state index in [0.717, 1.165) is 29.4 Å².